The van der Waals surface area contributed by atoms with Gasteiger partial charge in [0.25, 0.3) is 0 Å². The number of nitrogens with zero attached hydrogens (tertiary/aromatic N) is 3. The fourth-order valence-electron chi connectivity index (χ4n) is 3.01. The van der Waals surface area contributed by atoms with Crippen molar-refractivity contribution >= 4 is 32.8 Å². The van der Waals surface area contributed by atoms with Crippen LogP contribution in [0.5, 0.6) is 0 Å². The van der Waals surface area contributed by atoms with Crippen molar-refractivity contribution in [1.82, 2.24) is 15.0 Å². The number of pyridine rings is 1. The third kappa shape index (κ3) is 1.75. The smallest absolute Gasteiger partial charge is 0.163 e. The van der Waals surface area contributed by atoms with Gasteiger partial charge in [0, 0.05) is 22.4 Å². The van der Waals surface area contributed by atoms with Crippen LogP contribution in [0.1, 0.15) is 0 Å². The van der Waals surface area contributed by atoms with Gasteiger partial charge in [-0.3, -0.25) is 4.98 Å². The molecule has 23 heavy (non-hydrogen) atoms. The Morgan fingerprint density at radius 2 is 1.48 bits per heavy atom. The first-order chi connectivity index (χ1) is 11.4. The molecule has 5 aromatic rings. The van der Waals surface area contributed by atoms with Gasteiger partial charge in [-0.25, -0.2) is 9.97 Å². The molecule has 0 aliphatic heterocycles. The minimum absolute atomic E-state index is 0.748. The number of aromatic nitrogens is 3. The summed E-state index contributed by atoms with van der Waals surface area (Å²) in [6.07, 6.45) is 3.37. The molecular formula is C19H11N3O. The van der Waals surface area contributed by atoms with Crippen LogP contribution in [-0.4, -0.2) is 15.0 Å². The van der Waals surface area contributed by atoms with Gasteiger partial charge >= 0.3 is 0 Å². The standard InChI is InChI=1S/C19H11N3O/c1-3-7-15-14(6-1)17(22-11-21-15)18-19-13(9-10-20-18)12-5-2-4-8-16(12)23-19/h1-11H. The Morgan fingerprint density at radius 1 is 0.652 bits per heavy atom. The lowest BCUT2D eigenvalue weighted by molar-refractivity contribution is 0.668. The minimum Gasteiger partial charge on any atom is -0.454 e. The van der Waals surface area contributed by atoms with E-state index in [1.165, 1.54) is 0 Å². The summed E-state index contributed by atoms with van der Waals surface area (Å²) < 4.78 is 6.06. The van der Waals surface area contributed by atoms with E-state index in [2.05, 4.69) is 21.0 Å². The normalized spacial score (nSPS) is 11.5. The summed E-state index contributed by atoms with van der Waals surface area (Å²) in [6.45, 7) is 0. The van der Waals surface area contributed by atoms with Crippen LogP contribution < -0.4 is 0 Å². The summed E-state index contributed by atoms with van der Waals surface area (Å²) >= 11 is 0. The zero-order valence-corrected chi connectivity index (χ0v) is 12.1. The van der Waals surface area contributed by atoms with E-state index in [4.69, 9.17) is 4.42 Å². The summed E-state index contributed by atoms with van der Waals surface area (Å²) in [6, 6.07) is 17.9. The molecule has 5 rings (SSSR count). The summed E-state index contributed by atoms with van der Waals surface area (Å²) in [5.74, 6) is 0. The maximum absolute atomic E-state index is 6.06. The Kier molecular flexibility index (Phi) is 2.46. The molecule has 2 aromatic carbocycles. The van der Waals surface area contributed by atoms with Crippen molar-refractivity contribution in [2.45, 2.75) is 0 Å². The van der Waals surface area contributed by atoms with E-state index >= 15 is 0 Å². The molecule has 0 bridgehead atoms. The number of rotatable bonds is 1. The summed E-state index contributed by atoms with van der Waals surface area (Å²) in [5.41, 5.74) is 4.05. The van der Waals surface area contributed by atoms with Gasteiger partial charge in [0.2, 0.25) is 0 Å². The van der Waals surface area contributed by atoms with Crippen molar-refractivity contribution in [2.24, 2.45) is 0 Å². The molecule has 108 valence electrons. The highest BCUT2D eigenvalue weighted by Gasteiger charge is 2.16. The molecule has 3 aromatic heterocycles. The van der Waals surface area contributed by atoms with E-state index in [-0.39, 0.29) is 0 Å². The lowest BCUT2D eigenvalue weighted by atomic mass is 10.1. The molecule has 0 saturated heterocycles. The van der Waals surface area contributed by atoms with Crippen LogP contribution in [0, 0.1) is 0 Å². The molecule has 4 heteroatoms. The average molecular weight is 297 g/mol. The second kappa shape index (κ2) is 4.61. The van der Waals surface area contributed by atoms with E-state index < -0.39 is 0 Å². The van der Waals surface area contributed by atoms with Crippen LogP contribution in [0.4, 0.5) is 0 Å². The first-order valence-electron chi connectivity index (χ1n) is 7.38. The van der Waals surface area contributed by atoms with Gasteiger partial charge in [-0.1, -0.05) is 36.4 Å². The lowest BCUT2D eigenvalue weighted by Crippen LogP contribution is -1.91. The second-order valence-corrected chi connectivity index (χ2v) is 5.37. The van der Waals surface area contributed by atoms with Crippen molar-refractivity contribution < 1.29 is 4.42 Å². The van der Waals surface area contributed by atoms with Crippen molar-refractivity contribution in [3.05, 3.63) is 67.1 Å². The second-order valence-electron chi connectivity index (χ2n) is 5.37. The van der Waals surface area contributed by atoms with Crippen LogP contribution in [0.15, 0.2) is 71.5 Å². The fraction of sp³-hybridized carbons (Fsp3) is 0. The Morgan fingerprint density at radius 3 is 2.43 bits per heavy atom. The molecule has 0 amide bonds. The van der Waals surface area contributed by atoms with Gasteiger partial charge in [0.1, 0.15) is 23.3 Å². The van der Waals surface area contributed by atoms with Crippen LogP contribution in [0.2, 0.25) is 0 Å². The van der Waals surface area contributed by atoms with E-state index in [1.54, 1.807) is 12.5 Å². The van der Waals surface area contributed by atoms with Gasteiger partial charge in [-0.2, -0.15) is 0 Å². The average Bonchev–Trinajstić information content (AvgIpc) is 3.00. The van der Waals surface area contributed by atoms with Gasteiger partial charge in [0.05, 0.1) is 5.52 Å². The lowest BCUT2D eigenvalue weighted by Gasteiger charge is -2.04. The number of furan rings is 1. The molecule has 3 heterocycles. The third-order valence-electron chi connectivity index (χ3n) is 4.06. The molecule has 0 atom stereocenters. The molecule has 0 aliphatic rings. The number of fused-ring (bicyclic) bond motifs is 4. The molecule has 0 fully saturated rings. The van der Waals surface area contributed by atoms with E-state index in [1.807, 2.05) is 48.5 Å². The first kappa shape index (κ1) is 12.3. The molecule has 0 unspecified atom stereocenters. The Bertz CT molecular complexity index is 1170. The van der Waals surface area contributed by atoms with Crippen LogP contribution in [-0.2, 0) is 0 Å². The van der Waals surface area contributed by atoms with Crippen molar-refractivity contribution in [3.8, 4) is 11.4 Å². The fourth-order valence-corrected chi connectivity index (χ4v) is 3.01. The Labute approximate surface area is 131 Å². The van der Waals surface area contributed by atoms with Gasteiger partial charge < -0.3 is 4.42 Å². The minimum atomic E-state index is 0.748. The van der Waals surface area contributed by atoms with Crippen LogP contribution >= 0.6 is 0 Å². The maximum atomic E-state index is 6.06. The molecule has 0 saturated carbocycles. The quantitative estimate of drug-likeness (QED) is 0.454. The monoisotopic (exact) mass is 297 g/mol. The predicted octanol–water partition coefficient (Wildman–Crippen LogP) is 4.59. The summed E-state index contributed by atoms with van der Waals surface area (Å²) in [7, 11) is 0. The molecule has 0 N–H and O–H groups in total. The number of hydrogen-bond acceptors (Lipinski definition) is 4. The molecule has 0 radical (unpaired) electrons. The van der Waals surface area contributed by atoms with Crippen molar-refractivity contribution in [1.29, 1.82) is 0 Å². The predicted molar refractivity (Wildman–Crippen MR) is 90.0 cm³/mol. The molecule has 4 nitrogen and oxygen atoms in total. The highest BCUT2D eigenvalue weighted by Crippen LogP contribution is 2.35. The third-order valence-corrected chi connectivity index (χ3v) is 4.06. The highest BCUT2D eigenvalue weighted by molar-refractivity contribution is 6.10. The van der Waals surface area contributed by atoms with E-state index in [0.29, 0.717) is 0 Å². The number of para-hydroxylation sites is 2. The van der Waals surface area contributed by atoms with Gasteiger partial charge in [-0.15, -0.1) is 0 Å². The van der Waals surface area contributed by atoms with Crippen molar-refractivity contribution in [3.63, 3.8) is 0 Å². The Hall–Kier alpha value is -3.27. The highest BCUT2D eigenvalue weighted by atomic mass is 16.3. The van der Waals surface area contributed by atoms with Gasteiger partial charge in [-0.05, 0) is 18.2 Å². The molecule has 0 aliphatic carbocycles. The Balaban J connectivity index is 1.93. The largest absolute Gasteiger partial charge is 0.454 e. The summed E-state index contributed by atoms with van der Waals surface area (Å²) in [5, 5.41) is 3.10. The maximum Gasteiger partial charge on any atom is 0.163 e. The first-order valence-corrected chi connectivity index (χ1v) is 7.38. The number of hydrogen-bond donors (Lipinski definition) is 0. The van der Waals surface area contributed by atoms with Crippen LogP contribution in [0.3, 0.4) is 0 Å². The topological polar surface area (TPSA) is 51.8 Å². The zero-order chi connectivity index (χ0) is 15.2. The molecule has 0 spiro atoms. The summed E-state index contributed by atoms with van der Waals surface area (Å²) in [4.78, 5) is 13.3. The molecular weight excluding hydrogens is 286 g/mol. The van der Waals surface area contributed by atoms with Crippen LogP contribution in [0.25, 0.3) is 44.2 Å². The van der Waals surface area contributed by atoms with Crippen molar-refractivity contribution in [2.75, 3.05) is 0 Å². The van der Waals surface area contributed by atoms with E-state index in [9.17, 15) is 0 Å². The van der Waals surface area contributed by atoms with E-state index in [0.717, 1.165) is 44.2 Å². The number of benzene rings is 2. The SMILES string of the molecule is c1ccc2c(-c3nccc4c3oc3ccccc34)ncnc2c1. The zero-order valence-electron chi connectivity index (χ0n) is 12.1. The van der Waals surface area contributed by atoms with Gasteiger partial charge in [0.15, 0.2) is 5.58 Å².